The molecule has 0 aliphatic carbocycles. The summed E-state index contributed by atoms with van der Waals surface area (Å²) in [6.07, 6.45) is 1.72. The van der Waals surface area contributed by atoms with Gasteiger partial charge in [0, 0.05) is 0 Å². The van der Waals surface area contributed by atoms with Gasteiger partial charge in [-0.1, -0.05) is 0 Å². The van der Waals surface area contributed by atoms with Gasteiger partial charge in [0.2, 0.25) is 0 Å². The summed E-state index contributed by atoms with van der Waals surface area (Å²) in [5, 5.41) is 0. The Kier molecular flexibility index (Phi) is 4.62. The maximum absolute atomic E-state index is 2.52. The van der Waals surface area contributed by atoms with Crippen molar-refractivity contribution in [2.45, 2.75) is 44.2 Å². The van der Waals surface area contributed by atoms with E-state index >= 15 is 0 Å². The Morgan fingerprint density at radius 1 is 0.909 bits per heavy atom. The van der Waals surface area contributed by atoms with Gasteiger partial charge in [-0.3, -0.25) is 0 Å². The zero-order chi connectivity index (χ0) is 9.28. The van der Waals surface area contributed by atoms with Crippen molar-refractivity contribution in [2.24, 2.45) is 0 Å². The Hall–Kier alpha value is 1.42. The molecule has 0 rings (SSSR count). The average Bonchev–Trinajstić information content (AvgIpc) is 1.56. The van der Waals surface area contributed by atoms with Gasteiger partial charge in [-0.15, -0.1) is 0 Å². The second kappa shape index (κ2) is 4.09. The van der Waals surface area contributed by atoms with Gasteiger partial charge in [-0.2, -0.15) is 0 Å². The van der Waals surface area contributed by atoms with Crippen LogP contribution in [0.1, 0.15) is 0 Å². The van der Waals surface area contributed by atoms with E-state index in [1.54, 1.807) is 25.0 Å². The molecule has 0 aromatic rings. The van der Waals surface area contributed by atoms with Crippen LogP contribution < -0.4 is 0 Å². The predicted molar refractivity (Wildman–Crippen MR) is 57.4 cm³/mol. The van der Waals surface area contributed by atoms with E-state index in [2.05, 4.69) is 39.3 Å². The Morgan fingerprint density at radius 2 is 1.18 bits per heavy atom. The van der Waals surface area contributed by atoms with Gasteiger partial charge in [0.15, 0.2) is 0 Å². The Balaban J connectivity index is 4.56. The molecule has 0 spiro atoms. The van der Waals surface area contributed by atoms with Crippen LogP contribution in [0.25, 0.3) is 0 Å². The van der Waals surface area contributed by atoms with E-state index in [-0.39, 0.29) is 0 Å². The van der Waals surface area contributed by atoms with Crippen molar-refractivity contribution >= 4 is 22.4 Å². The van der Waals surface area contributed by atoms with Crippen LogP contribution in [0, 0.1) is 0 Å². The first kappa shape index (κ1) is 12.4. The fourth-order valence-corrected chi connectivity index (χ4v) is 35.0. The molecule has 0 saturated carbocycles. The second-order valence-corrected chi connectivity index (χ2v) is 20.4. The summed E-state index contributed by atoms with van der Waals surface area (Å²) < 4.78 is 0. The third-order valence-corrected chi connectivity index (χ3v) is 22.5. The summed E-state index contributed by atoms with van der Waals surface area (Å²) in [7, 11) is -1.70. The minimum atomic E-state index is -0.852. The molecule has 0 aromatic carbocycles. The predicted octanol–water partition coefficient (Wildman–Crippen LogP) is 3.52. The number of hydrogen-bond acceptors (Lipinski definition) is 0. The van der Waals surface area contributed by atoms with Crippen LogP contribution in [0.15, 0.2) is 0 Å². The van der Waals surface area contributed by atoms with E-state index in [4.69, 9.17) is 0 Å². The third-order valence-electron chi connectivity index (χ3n) is 1.75. The maximum atomic E-state index is 2.52. The number of rotatable bonds is 3. The average molecular weight is 374 g/mol. The topological polar surface area (TPSA) is 0 Å². The summed E-state index contributed by atoms with van der Waals surface area (Å²) in [5.41, 5.74) is 0. The molecule has 0 aliphatic rings. The van der Waals surface area contributed by atoms with Crippen molar-refractivity contribution in [3.63, 3.8) is 0 Å². The SMILES string of the molecule is C[Si](C)(C)C([P]=[W])[Si](C)(C)C. The van der Waals surface area contributed by atoms with E-state index in [0.717, 1.165) is 4.91 Å². The zero-order valence-electron chi connectivity index (χ0n) is 8.43. The molecule has 4 heteroatoms. The first-order chi connectivity index (χ1) is 4.69. The van der Waals surface area contributed by atoms with Crippen molar-refractivity contribution < 1.29 is 18.8 Å². The van der Waals surface area contributed by atoms with E-state index in [9.17, 15) is 0 Å². The molecule has 0 fully saturated rings. The Bertz CT molecular complexity index is 132. The Morgan fingerprint density at radius 3 is 1.18 bits per heavy atom. The van der Waals surface area contributed by atoms with Gasteiger partial charge >= 0.3 is 85.4 Å². The molecule has 0 N–H and O–H groups in total. The summed E-state index contributed by atoms with van der Waals surface area (Å²) in [4.78, 5) is 1.10. The van der Waals surface area contributed by atoms with Crippen molar-refractivity contribution in [1.82, 2.24) is 0 Å². The van der Waals surface area contributed by atoms with E-state index in [1.807, 2.05) is 0 Å². The normalized spacial score (nSPS) is 14.5. The van der Waals surface area contributed by atoms with E-state index < -0.39 is 16.1 Å². The summed E-state index contributed by atoms with van der Waals surface area (Å²) in [6, 6.07) is 0. The quantitative estimate of drug-likeness (QED) is 0.524. The van der Waals surface area contributed by atoms with Crippen LogP contribution >= 0.6 is 6.21 Å². The fourth-order valence-electron chi connectivity index (χ4n) is 1.62. The van der Waals surface area contributed by atoms with Crippen molar-refractivity contribution in [3.05, 3.63) is 0 Å². The van der Waals surface area contributed by atoms with Crippen LogP contribution in [0.2, 0.25) is 39.3 Å². The summed E-state index contributed by atoms with van der Waals surface area (Å²) in [6.45, 7) is 15.1. The van der Waals surface area contributed by atoms with Gasteiger partial charge in [0.25, 0.3) is 0 Å². The molecule has 0 saturated heterocycles. The molecule has 0 aromatic heterocycles. The first-order valence-electron chi connectivity index (χ1n) is 4.02. The molecule has 0 aliphatic heterocycles. The van der Waals surface area contributed by atoms with Crippen LogP contribution in [0.3, 0.4) is 0 Å². The minimum absolute atomic E-state index is 0.852. The number of hydrogen-bond donors (Lipinski definition) is 0. The summed E-state index contributed by atoms with van der Waals surface area (Å²) in [5.74, 6) is 0. The summed E-state index contributed by atoms with van der Waals surface area (Å²) >= 11 is 1.76. The molecule has 66 valence electrons. The molecule has 11 heavy (non-hydrogen) atoms. The standard InChI is InChI=1S/C7H19PSi2.W/c1-9(2,3)7(8)10(4,5)6;/h7H,1-6H3;. The van der Waals surface area contributed by atoms with Crippen LogP contribution in [0.4, 0.5) is 0 Å². The van der Waals surface area contributed by atoms with Gasteiger partial charge in [-0.05, 0) is 0 Å². The monoisotopic (exact) mass is 374 g/mol. The fraction of sp³-hybridized carbons (Fsp3) is 1.00. The zero-order valence-corrected chi connectivity index (χ0v) is 14.3. The molecule has 0 unspecified atom stereocenters. The Labute approximate surface area is 85.1 Å². The molecular weight excluding hydrogens is 355 g/mol. The molecule has 0 amide bonds. The van der Waals surface area contributed by atoms with E-state index in [1.165, 1.54) is 0 Å². The first-order valence-corrected chi connectivity index (χ1v) is 16.0. The third kappa shape index (κ3) is 4.26. The van der Waals surface area contributed by atoms with Crippen molar-refractivity contribution in [1.29, 1.82) is 0 Å². The molecule has 0 heterocycles. The van der Waals surface area contributed by atoms with Crippen LogP contribution in [-0.2, 0) is 18.8 Å². The molecule has 0 nitrogen and oxygen atoms in total. The molecule has 0 radical (unpaired) electrons. The van der Waals surface area contributed by atoms with Gasteiger partial charge in [0.1, 0.15) is 0 Å². The second-order valence-electron chi connectivity index (χ2n) is 5.24. The van der Waals surface area contributed by atoms with Gasteiger partial charge < -0.3 is 0 Å². The van der Waals surface area contributed by atoms with Gasteiger partial charge in [-0.25, -0.2) is 0 Å². The van der Waals surface area contributed by atoms with Crippen molar-refractivity contribution in [2.75, 3.05) is 0 Å². The molecular formula is C7H19PSi2W. The van der Waals surface area contributed by atoms with Gasteiger partial charge in [0.05, 0.1) is 0 Å². The van der Waals surface area contributed by atoms with Crippen LogP contribution in [0.5, 0.6) is 0 Å². The van der Waals surface area contributed by atoms with E-state index in [0.29, 0.717) is 0 Å². The molecule has 0 atom stereocenters. The van der Waals surface area contributed by atoms with Crippen LogP contribution in [-0.4, -0.2) is 21.1 Å². The van der Waals surface area contributed by atoms with Crippen molar-refractivity contribution in [3.8, 4) is 0 Å². The molecule has 0 bridgehead atoms.